The van der Waals surface area contributed by atoms with Gasteiger partial charge in [0.25, 0.3) is 0 Å². The van der Waals surface area contributed by atoms with E-state index in [9.17, 15) is 29.4 Å². The van der Waals surface area contributed by atoms with Gasteiger partial charge in [-0.2, -0.15) is 0 Å². The highest BCUT2D eigenvalue weighted by Gasteiger charge is 2.32. The lowest BCUT2D eigenvalue weighted by atomic mass is 9.98. The zero-order valence-electron chi connectivity index (χ0n) is 17.2. The number of nitrogens with two attached hydrogens (primary N) is 1. The first-order chi connectivity index (χ1) is 13.0. The van der Waals surface area contributed by atoms with E-state index in [0.29, 0.717) is 12.8 Å². The van der Waals surface area contributed by atoms with Crippen LogP contribution in [0.15, 0.2) is 0 Å². The fourth-order valence-corrected chi connectivity index (χ4v) is 2.35. The van der Waals surface area contributed by atoms with E-state index < -0.39 is 54.5 Å². The first-order valence-electron chi connectivity index (χ1n) is 9.49. The summed E-state index contributed by atoms with van der Waals surface area (Å²) >= 11 is 0. The van der Waals surface area contributed by atoms with Crippen molar-refractivity contribution in [3.05, 3.63) is 0 Å². The van der Waals surface area contributed by atoms with E-state index in [-0.39, 0.29) is 11.8 Å². The molecule has 0 rings (SSSR count). The third-order valence-electron chi connectivity index (χ3n) is 4.84. The summed E-state index contributed by atoms with van der Waals surface area (Å²) in [5.74, 6) is -3.63. The Bertz CT molecular complexity index is 554. The zero-order chi connectivity index (χ0) is 22.0. The molecule has 0 aromatic heterocycles. The monoisotopic (exact) mass is 402 g/mol. The van der Waals surface area contributed by atoms with Crippen LogP contribution in [0.1, 0.15) is 47.5 Å². The summed E-state index contributed by atoms with van der Waals surface area (Å²) in [5, 5.41) is 26.1. The van der Waals surface area contributed by atoms with Gasteiger partial charge in [0.1, 0.15) is 12.1 Å². The number of aliphatic hydroxyl groups is 1. The third kappa shape index (κ3) is 8.22. The highest BCUT2D eigenvalue weighted by molar-refractivity contribution is 5.92. The molecule has 0 aliphatic rings. The number of nitrogens with one attached hydrogen (secondary N) is 3. The fraction of sp³-hybridized carbons (Fsp3) is 0.778. The second-order valence-corrected chi connectivity index (χ2v) is 7.12. The summed E-state index contributed by atoms with van der Waals surface area (Å²) in [6.07, 6.45) is -0.0504. The van der Waals surface area contributed by atoms with Crippen molar-refractivity contribution >= 4 is 23.7 Å². The number of carboxylic acids is 1. The highest BCUT2D eigenvalue weighted by atomic mass is 16.4. The molecule has 0 aromatic carbocycles. The van der Waals surface area contributed by atoms with Crippen LogP contribution in [0, 0.1) is 11.8 Å². The summed E-state index contributed by atoms with van der Waals surface area (Å²) in [4.78, 5) is 47.7. The van der Waals surface area contributed by atoms with Crippen LogP contribution in [0.4, 0.5) is 0 Å². The summed E-state index contributed by atoms with van der Waals surface area (Å²) < 4.78 is 0. The van der Waals surface area contributed by atoms with Crippen molar-refractivity contribution in [3.8, 4) is 0 Å². The van der Waals surface area contributed by atoms with Gasteiger partial charge >= 0.3 is 5.97 Å². The van der Waals surface area contributed by atoms with Crippen LogP contribution in [-0.2, 0) is 19.2 Å². The Labute approximate surface area is 165 Å². The SMILES string of the molecule is CCC(C)C(N)C(=O)NCC(=O)NC(C(=O)NC(C(=O)O)C(C)CC)C(C)O. The Morgan fingerprint density at radius 1 is 0.893 bits per heavy atom. The second kappa shape index (κ2) is 12.3. The van der Waals surface area contributed by atoms with E-state index in [1.54, 1.807) is 13.8 Å². The molecular formula is C18H34N4O6. The van der Waals surface area contributed by atoms with Crippen LogP contribution >= 0.6 is 0 Å². The Morgan fingerprint density at radius 2 is 1.43 bits per heavy atom. The van der Waals surface area contributed by atoms with Crippen LogP contribution in [-0.4, -0.2) is 64.7 Å². The van der Waals surface area contributed by atoms with Gasteiger partial charge in [-0.25, -0.2) is 4.79 Å². The van der Waals surface area contributed by atoms with Gasteiger partial charge < -0.3 is 31.9 Å². The maximum Gasteiger partial charge on any atom is 0.326 e. The molecule has 162 valence electrons. The molecule has 0 radical (unpaired) electrons. The van der Waals surface area contributed by atoms with E-state index in [2.05, 4.69) is 16.0 Å². The topological polar surface area (TPSA) is 171 Å². The molecule has 0 saturated carbocycles. The van der Waals surface area contributed by atoms with Gasteiger partial charge in [-0.05, 0) is 18.8 Å². The van der Waals surface area contributed by atoms with Crippen molar-refractivity contribution in [2.75, 3.05) is 6.54 Å². The summed E-state index contributed by atoms with van der Waals surface area (Å²) in [7, 11) is 0. The highest BCUT2D eigenvalue weighted by Crippen LogP contribution is 2.09. The molecule has 7 N–H and O–H groups in total. The lowest BCUT2D eigenvalue weighted by Gasteiger charge is -2.26. The number of carbonyl (C=O) groups excluding carboxylic acids is 3. The molecule has 0 saturated heterocycles. The van der Waals surface area contributed by atoms with Crippen molar-refractivity contribution in [3.63, 3.8) is 0 Å². The van der Waals surface area contributed by atoms with Crippen LogP contribution < -0.4 is 21.7 Å². The average Bonchev–Trinajstić information content (AvgIpc) is 2.65. The zero-order valence-corrected chi connectivity index (χ0v) is 17.2. The smallest absolute Gasteiger partial charge is 0.326 e. The molecule has 6 unspecified atom stereocenters. The van der Waals surface area contributed by atoms with Gasteiger partial charge in [0.2, 0.25) is 17.7 Å². The minimum atomic E-state index is -1.36. The molecule has 3 amide bonds. The number of aliphatic carboxylic acids is 1. The largest absolute Gasteiger partial charge is 0.480 e. The molecule has 10 nitrogen and oxygen atoms in total. The van der Waals surface area contributed by atoms with Crippen LogP contribution in [0.2, 0.25) is 0 Å². The van der Waals surface area contributed by atoms with E-state index in [1.165, 1.54) is 6.92 Å². The van der Waals surface area contributed by atoms with Gasteiger partial charge in [0.15, 0.2) is 0 Å². The Morgan fingerprint density at radius 3 is 1.86 bits per heavy atom. The molecule has 0 aliphatic carbocycles. The number of carboxylic acid groups (broad SMARTS) is 1. The van der Waals surface area contributed by atoms with Gasteiger partial charge in [0.05, 0.1) is 18.7 Å². The first kappa shape index (κ1) is 25.8. The summed E-state index contributed by atoms with van der Waals surface area (Å²) in [5.41, 5.74) is 5.78. The molecule has 0 heterocycles. The van der Waals surface area contributed by atoms with Crippen LogP contribution in [0.5, 0.6) is 0 Å². The van der Waals surface area contributed by atoms with E-state index in [0.717, 1.165) is 0 Å². The van der Waals surface area contributed by atoms with Crippen molar-refractivity contribution in [2.45, 2.75) is 71.7 Å². The van der Waals surface area contributed by atoms with Crippen molar-refractivity contribution < 1.29 is 29.4 Å². The summed E-state index contributed by atoms with van der Waals surface area (Å²) in [6.45, 7) is 8.03. The number of rotatable bonds is 12. The van der Waals surface area contributed by atoms with Crippen LogP contribution in [0.25, 0.3) is 0 Å². The van der Waals surface area contributed by atoms with Gasteiger partial charge in [-0.3, -0.25) is 14.4 Å². The molecule has 10 heteroatoms. The van der Waals surface area contributed by atoms with Gasteiger partial charge in [-0.1, -0.05) is 40.5 Å². The average molecular weight is 402 g/mol. The normalized spacial score (nSPS) is 17.4. The van der Waals surface area contributed by atoms with Crippen molar-refractivity contribution in [1.29, 1.82) is 0 Å². The maximum atomic E-state index is 12.4. The van der Waals surface area contributed by atoms with E-state index in [1.807, 2.05) is 13.8 Å². The standard InChI is InChI=1S/C18H34N4O6/c1-6-9(3)13(19)16(25)20-8-12(24)21-15(11(5)23)17(26)22-14(18(27)28)10(4)7-2/h9-11,13-15,23H,6-8,19H2,1-5H3,(H,20,25)(H,21,24)(H,22,26)(H,27,28). The number of hydrogen-bond acceptors (Lipinski definition) is 6. The fourth-order valence-electron chi connectivity index (χ4n) is 2.35. The molecule has 28 heavy (non-hydrogen) atoms. The number of aliphatic hydroxyl groups excluding tert-OH is 1. The van der Waals surface area contributed by atoms with Crippen LogP contribution in [0.3, 0.4) is 0 Å². The summed E-state index contributed by atoms with van der Waals surface area (Å²) in [6, 6.07) is -3.28. The predicted octanol–water partition coefficient (Wildman–Crippen LogP) is -1.04. The Hall–Kier alpha value is -2.20. The molecule has 0 spiro atoms. The molecule has 6 atom stereocenters. The first-order valence-corrected chi connectivity index (χ1v) is 9.49. The van der Waals surface area contributed by atoms with E-state index in [4.69, 9.17) is 5.73 Å². The molecule has 0 bridgehead atoms. The van der Waals surface area contributed by atoms with Crippen molar-refractivity contribution in [2.24, 2.45) is 17.6 Å². The number of amides is 3. The van der Waals surface area contributed by atoms with Gasteiger partial charge in [0, 0.05) is 0 Å². The molecule has 0 aliphatic heterocycles. The second-order valence-electron chi connectivity index (χ2n) is 7.12. The third-order valence-corrected chi connectivity index (χ3v) is 4.84. The molecule has 0 fully saturated rings. The lowest BCUT2D eigenvalue weighted by molar-refractivity contribution is -0.144. The number of carbonyl (C=O) groups is 4. The lowest BCUT2D eigenvalue weighted by Crippen LogP contribution is -2.58. The predicted molar refractivity (Wildman–Crippen MR) is 103 cm³/mol. The van der Waals surface area contributed by atoms with E-state index >= 15 is 0 Å². The van der Waals surface area contributed by atoms with Crippen molar-refractivity contribution in [1.82, 2.24) is 16.0 Å². The van der Waals surface area contributed by atoms with Gasteiger partial charge in [-0.15, -0.1) is 0 Å². The maximum absolute atomic E-state index is 12.4. The number of hydrogen-bond donors (Lipinski definition) is 6. The Kier molecular flexibility index (Phi) is 11.3. The molecule has 0 aromatic rings. The Balaban J connectivity index is 4.88. The minimum absolute atomic E-state index is 0.0624. The minimum Gasteiger partial charge on any atom is -0.480 e. The molecular weight excluding hydrogens is 368 g/mol. The quantitative estimate of drug-likeness (QED) is 0.242.